The molecule has 0 saturated carbocycles. The Hall–Kier alpha value is -1.42. The minimum absolute atomic E-state index is 0.0628. The van der Waals surface area contributed by atoms with Gasteiger partial charge in [-0.2, -0.15) is 0 Å². The van der Waals surface area contributed by atoms with Crippen LogP contribution in [0.25, 0.3) is 0 Å². The van der Waals surface area contributed by atoms with E-state index in [0.717, 1.165) is 12.8 Å². The highest BCUT2D eigenvalue weighted by molar-refractivity contribution is 6.74. The van der Waals surface area contributed by atoms with Crippen molar-refractivity contribution in [2.45, 2.75) is 104 Å². The van der Waals surface area contributed by atoms with Crippen LogP contribution in [0.2, 0.25) is 18.1 Å². The van der Waals surface area contributed by atoms with E-state index in [9.17, 15) is 9.18 Å². The second kappa shape index (κ2) is 10.7. The maximum Gasteiger partial charge on any atom is 0.497 e. The number of unbranched alkanes of at least 4 members (excludes halogenated alkanes) is 1. The van der Waals surface area contributed by atoms with Crippen LogP contribution in [0.15, 0.2) is 18.2 Å². The zero-order valence-corrected chi connectivity index (χ0v) is 23.5. The fourth-order valence-electron chi connectivity index (χ4n) is 3.02. The molecule has 1 heterocycles. The zero-order chi connectivity index (χ0) is 25.9. The van der Waals surface area contributed by atoms with E-state index in [1.54, 1.807) is 12.1 Å². The van der Waals surface area contributed by atoms with Crippen molar-refractivity contribution in [1.82, 2.24) is 0 Å². The van der Waals surface area contributed by atoms with Gasteiger partial charge < -0.3 is 23.2 Å². The Bertz CT molecular complexity index is 836. The lowest BCUT2D eigenvalue weighted by atomic mass is 9.78. The lowest BCUT2D eigenvalue weighted by molar-refractivity contribution is -0.154. The molecule has 1 atom stereocenters. The summed E-state index contributed by atoms with van der Waals surface area (Å²) in [6, 6.07) is 4.53. The fraction of sp³-hybridized carbons (Fsp3) is 0.720. The number of ether oxygens (including phenoxy) is 2. The molecule has 1 unspecified atom stereocenters. The smallest absolute Gasteiger partial charge is 0.490 e. The van der Waals surface area contributed by atoms with E-state index in [2.05, 4.69) is 33.9 Å². The third kappa shape index (κ3) is 6.83. The van der Waals surface area contributed by atoms with Crippen LogP contribution in [0, 0.1) is 5.82 Å². The molecule has 34 heavy (non-hydrogen) atoms. The molecule has 192 valence electrons. The Morgan fingerprint density at radius 1 is 1.15 bits per heavy atom. The van der Waals surface area contributed by atoms with Crippen LogP contribution in [0.3, 0.4) is 0 Å². The minimum atomic E-state index is -2.27. The van der Waals surface area contributed by atoms with Crippen LogP contribution in [-0.2, 0) is 23.3 Å². The van der Waals surface area contributed by atoms with Crippen molar-refractivity contribution in [3.05, 3.63) is 24.0 Å². The molecule has 1 aliphatic rings. The highest BCUT2D eigenvalue weighted by atomic mass is 28.4. The third-order valence-electron chi connectivity index (χ3n) is 7.13. The van der Waals surface area contributed by atoms with Gasteiger partial charge in [0.25, 0.3) is 0 Å². The Kier molecular flexibility index (Phi) is 9.05. The number of rotatable bonds is 10. The van der Waals surface area contributed by atoms with Crippen molar-refractivity contribution in [2.75, 3.05) is 13.2 Å². The number of carbonyl (C=O) groups excluding carboxylic acids is 1. The summed E-state index contributed by atoms with van der Waals surface area (Å²) in [7, 11) is -3.07. The maximum absolute atomic E-state index is 15.0. The minimum Gasteiger partial charge on any atom is -0.490 e. The van der Waals surface area contributed by atoms with E-state index in [4.69, 9.17) is 23.2 Å². The first-order valence-corrected chi connectivity index (χ1v) is 15.0. The summed E-state index contributed by atoms with van der Waals surface area (Å²) < 4.78 is 44.4. The zero-order valence-electron chi connectivity index (χ0n) is 22.5. The van der Waals surface area contributed by atoms with E-state index in [1.807, 2.05) is 34.6 Å². The first-order chi connectivity index (χ1) is 15.5. The topological polar surface area (TPSA) is 63.2 Å². The van der Waals surface area contributed by atoms with E-state index in [0.29, 0.717) is 17.8 Å². The standard InChI is InChI=1S/C25H42BFO6Si/c1-11-12-15-29-22(28)21(31-34(9,10)23(2,3)4)17-30-18-13-14-19(20(27)16-18)26-32-24(5,6)25(7,8)33-26/h13-14,16,21H,11-12,15,17H2,1-10H3. The largest absolute Gasteiger partial charge is 0.497 e. The van der Waals surface area contributed by atoms with Crippen molar-refractivity contribution < 1.29 is 32.4 Å². The van der Waals surface area contributed by atoms with Gasteiger partial charge in [0.1, 0.15) is 18.2 Å². The molecule has 0 amide bonds. The van der Waals surface area contributed by atoms with E-state index >= 15 is 0 Å². The molecule has 9 heteroatoms. The first-order valence-electron chi connectivity index (χ1n) is 12.1. The molecule has 0 bridgehead atoms. The monoisotopic (exact) mass is 496 g/mol. The average molecular weight is 497 g/mol. The van der Waals surface area contributed by atoms with Gasteiger partial charge in [0, 0.05) is 11.5 Å². The molecule has 1 saturated heterocycles. The molecular weight excluding hydrogens is 454 g/mol. The molecule has 1 aromatic carbocycles. The second-order valence-corrected chi connectivity index (χ2v) is 16.2. The van der Waals surface area contributed by atoms with Gasteiger partial charge in [0.2, 0.25) is 0 Å². The van der Waals surface area contributed by atoms with Gasteiger partial charge in [0.05, 0.1) is 17.8 Å². The SMILES string of the molecule is CCCCOC(=O)C(COc1ccc(B2OC(C)(C)C(C)(C)O2)c(F)c1)O[Si](C)(C)C(C)(C)C. The molecule has 2 rings (SSSR count). The molecule has 0 spiro atoms. The maximum atomic E-state index is 15.0. The fourth-order valence-corrected chi connectivity index (χ4v) is 4.25. The van der Waals surface area contributed by atoms with Gasteiger partial charge >= 0.3 is 13.1 Å². The Morgan fingerprint density at radius 3 is 2.24 bits per heavy atom. The molecule has 0 N–H and O–H groups in total. The van der Waals surface area contributed by atoms with Gasteiger partial charge in [-0.05, 0) is 58.3 Å². The van der Waals surface area contributed by atoms with Crippen molar-refractivity contribution in [3.63, 3.8) is 0 Å². The highest BCUT2D eigenvalue weighted by Crippen LogP contribution is 2.38. The number of benzene rings is 1. The van der Waals surface area contributed by atoms with Crippen LogP contribution in [0.4, 0.5) is 4.39 Å². The second-order valence-electron chi connectivity index (χ2n) is 11.5. The molecule has 0 radical (unpaired) electrons. The van der Waals surface area contributed by atoms with Gasteiger partial charge in [-0.1, -0.05) is 40.2 Å². The number of carbonyl (C=O) groups is 1. The predicted molar refractivity (Wildman–Crippen MR) is 136 cm³/mol. The van der Waals surface area contributed by atoms with E-state index < -0.39 is 44.5 Å². The van der Waals surface area contributed by atoms with Crippen LogP contribution in [0.5, 0.6) is 5.75 Å². The molecule has 0 aliphatic carbocycles. The lowest BCUT2D eigenvalue weighted by Crippen LogP contribution is -2.48. The van der Waals surface area contributed by atoms with Gasteiger partial charge in [-0.3, -0.25) is 0 Å². The summed E-state index contributed by atoms with van der Waals surface area (Å²) in [5, 5.41) is -0.0917. The molecule has 1 fully saturated rings. The number of halogens is 1. The summed E-state index contributed by atoms with van der Waals surface area (Å²) in [5.74, 6) is -0.654. The Labute approximate surface area is 206 Å². The summed E-state index contributed by atoms with van der Waals surface area (Å²) in [6.45, 7) is 20.4. The van der Waals surface area contributed by atoms with E-state index in [-0.39, 0.29) is 11.6 Å². The number of hydrogen-bond acceptors (Lipinski definition) is 6. The lowest BCUT2D eigenvalue weighted by Gasteiger charge is -2.38. The normalized spacial score (nSPS) is 18.6. The summed E-state index contributed by atoms with van der Waals surface area (Å²) >= 11 is 0. The Morgan fingerprint density at radius 2 is 1.74 bits per heavy atom. The predicted octanol–water partition coefficient (Wildman–Crippen LogP) is 5.24. The third-order valence-corrected chi connectivity index (χ3v) is 11.6. The summed E-state index contributed by atoms with van der Waals surface area (Å²) in [4.78, 5) is 12.7. The first kappa shape index (κ1) is 28.8. The Balaban J connectivity index is 2.13. The number of hydrogen-bond donors (Lipinski definition) is 0. The van der Waals surface area contributed by atoms with E-state index in [1.165, 1.54) is 6.07 Å². The molecule has 6 nitrogen and oxygen atoms in total. The molecule has 0 aromatic heterocycles. The van der Waals surface area contributed by atoms with Crippen LogP contribution < -0.4 is 10.2 Å². The number of esters is 1. The summed E-state index contributed by atoms with van der Waals surface area (Å²) in [6.07, 6.45) is 0.820. The summed E-state index contributed by atoms with van der Waals surface area (Å²) in [5.41, 5.74) is -0.823. The van der Waals surface area contributed by atoms with Crippen molar-refractivity contribution in [3.8, 4) is 5.75 Å². The van der Waals surface area contributed by atoms with Crippen LogP contribution in [-0.4, -0.2) is 51.9 Å². The van der Waals surface area contributed by atoms with Crippen molar-refractivity contribution in [2.24, 2.45) is 0 Å². The van der Waals surface area contributed by atoms with Crippen molar-refractivity contribution >= 4 is 26.9 Å². The van der Waals surface area contributed by atoms with Crippen LogP contribution >= 0.6 is 0 Å². The average Bonchev–Trinajstić information content (AvgIpc) is 2.91. The molecular formula is C25H42BFO6Si. The highest BCUT2D eigenvalue weighted by Gasteiger charge is 2.52. The van der Waals surface area contributed by atoms with Crippen LogP contribution in [0.1, 0.15) is 68.2 Å². The quantitative estimate of drug-likeness (QED) is 0.251. The van der Waals surface area contributed by atoms with Gasteiger partial charge in [-0.25, -0.2) is 9.18 Å². The molecule has 1 aliphatic heterocycles. The molecule has 1 aromatic rings. The van der Waals surface area contributed by atoms with Crippen molar-refractivity contribution in [1.29, 1.82) is 0 Å². The van der Waals surface area contributed by atoms with Gasteiger partial charge in [0.15, 0.2) is 14.4 Å². The van der Waals surface area contributed by atoms with Gasteiger partial charge in [-0.15, -0.1) is 0 Å².